The lowest BCUT2D eigenvalue weighted by Crippen LogP contribution is -2.28. The number of nitrogens with one attached hydrogen (secondary N) is 1. The molecule has 0 aliphatic rings. The molecule has 134 valence electrons. The van der Waals surface area contributed by atoms with Crippen molar-refractivity contribution in [2.45, 2.75) is 20.4 Å². The quantitative estimate of drug-likeness (QED) is 0.757. The summed E-state index contributed by atoms with van der Waals surface area (Å²) < 4.78 is 18.8. The van der Waals surface area contributed by atoms with E-state index in [1.165, 1.54) is 24.3 Å². The van der Waals surface area contributed by atoms with Crippen LogP contribution in [0.3, 0.4) is 0 Å². The average molecular weight is 344 g/mol. The van der Waals surface area contributed by atoms with Gasteiger partial charge < -0.3 is 15.0 Å². The third-order valence-electron chi connectivity index (χ3n) is 4.08. The number of hydrogen-bond donors (Lipinski definition) is 1. The molecule has 0 radical (unpaired) electrons. The number of hydrogen-bond acceptors (Lipinski definition) is 3. The van der Waals surface area contributed by atoms with Crippen LogP contribution in [0.1, 0.15) is 29.8 Å². The van der Waals surface area contributed by atoms with E-state index in [-0.39, 0.29) is 11.7 Å². The molecule has 0 saturated carbocycles. The van der Waals surface area contributed by atoms with Gasteiger partial charge in [-0.1, -0.05) is 32.0 Å². The van der Waals surface area contributed by atoms with Crippen LogP contribution in [0.5, 0.6) is 5.75 Å². The molecule has 2 aromatic carbocycles. The number of ether oxygens (including phenoxy) is 1. The number of benzene rings is 2. The van der Waals surface area contributed by atoms with Crippen molar-refractivity contribution in [1.29, 1.82) is 0 Å². The molecule has 5 heteroatoms. The van der Waals surface area contributed by atoms with Gasteiger partial charge >= 0.3 is 0 Å². The third kappa shape index (κ3) is 5.87. The van der Waals surface area contributed by atoms with E-state index in [1.807, 2.05) is 24.3 Å². The number of carbonyl (C=O) groups is 1. The van der Waals surface area contributed by atoms with E-state index in [4.69, 9.17) is 4.74 Å². The van der Waals surface area contributed by atoms with Crippen LogP contribution in [0.25, 0.3) is 0 Å². The molecule has 0 bridgehead atoms. The van der Waals surface area contributed by atoms with E-state index < -0.39 is 0 Å². The van der Waals surface area contributed by atoms with Gasteiger partial charge in [-0.3, -0.25) is 4.79 Å². The molecule has 0 aliphatic heterocycles. The number of likely N-dealkylation sites (N-methyl/N-ethyl adjacent to an activating group) is 1. The second-order valence-corrected chi connectivity index (χ2v) is 5.67. The summed E-state index contributed by atoms with van der Waals surface area (Å²) in [4.78, 5) is 14.4. The van der Waals surface area contributed by atoms with Crippen molar-refractivity contribution < 1.29 is 13.9 Å². The lowest BCUT2D eigenvalue weighted by atomic mass is 10.1. The number of nitrogens with zero attached hydrogens (tertiary/aromatic N) is 1. The molecule has 1 amide bonds. The minimum absolute atomic E-state index is 0.238. The molecule has 1 N–H and O–H groups in total. The minimum atomic E-state index is -0.358. The molecule has 25 heavy (non-hydrogen) atoms. The highest BCUT2D eigenvalue weighted by Crippen LogP contribution is 2.18. The maximum atomic E-state index is 12.9. The summed E-state index contributed by atoms with van der Waals surface area (Å²) in [5.74, 6) is 0.176. The summed E-state index contributed by atoms with van der Waals surface area (Å²) >= 11 is 0. The number of carbonyl (C=O) groups excluding carboxylic acids is 1. The maximum Gasteiger partial charge on any atom is 0.251 e. The van der Waals surface area contributed by atoms with Crippen LogP contribution < -0.4 is 10.1 Å². The second kappa shape index (κ2) is 9.79. The topological polar surface area (TPSA) is 41.6 Å². The van der Waals surface area contributed by atoms with Gasteiger partial charge in [0.1, 0.15) is 18.2 Å². The maximum absolute atomic E-state index is 12.9. The Labute approximate surface area is 148 Å². The number of amides is 1. The van der Waals surface area contributed by atoms with E-state index >= 15 is 0 Å². The van der Waals surface area contributed by atoms with Crippen LogP contribution in [0.15, 0.2) is 48.5 Å². The van der Waals surface area contributed by atoms with Crippen molar-refractivity contribution in [2.75, 3.05) is 26.2 Å². The average Bonchev–Trinajstić information content (AvgIpc) is 2.64. The second-order valence-electron chi connectivity index (χ2n) is 5.67. The Kier molecular flexibility index (Phi) is 7.41. The van der Waals surface area contributed by atoms with E-state index in [0.29, 0.717) is 18.7 Å². The van der Waals surface area contributed by atoms with E-state index in [9.17, 15) is 9.18 Å². The number of para-hydroxylation sites is 1. The predicted molar refractivity (Wildman–Crippen MR) is 97.3 cm³/mol. The van der Waals surface area contributed by atoms with Gasteiger partial charge in [0, 0.05) is 24.2 Å². The molecular weight excluding hydrogens is 319 g/mol. The first-order chi connectivity index (χ1) is 12.1. The van der Waals surface area contributed by atoms with Gasteiger partial charge in [0.2, 0.25) is 0 Å². The highest BCUT2D eigenvalue weighted by Gasteiger charge is 2.08. The lowest BCUT2D eigenvalue weighted by molar-refractivity contribution is 0.0950. The van der Waals surface area contributed by atoms with Crippen molar-refractivity contribution in [3.05, 3.63) is 65.5 Å². The van der Waals surface area contributed by atoms with Crippen molar-refractivity contribution in [1.82, 2.24) is 10.2 Å². The fraction of sp³-hybridized carbons (Fsp3) is 0.350. The number of rotatable bonds is 9. The van der Waals surface area contributed by atoms with Crippen LogP contribution in [0.4, 0.5) is 4.39 Å². The molecule has 0 saturated heterocycles. The van der Waals surface area contributed by atoms with Crippen LogP contribution in [0.2, 0.25) is 0 Å². The summed E-state index contributed by atoms with van der Waals surface area (Å²) in [5.41, 5.74) is 1.35. The summed E-state index contributed by atoms with van der Waals surface area (Å²) in [5, 5.41) is 2.84. The van der Waals surface area contributed by atoms with Crippen LogP contribution in [0, 0.1) is 5.82 Å². The van der Waals surface area contributed by atoms with Crippen molar-refractivity contribution >= 4 is 5.91 Å². The summed E-state index contributed by atoms with van der Waals surface area (Å²) in [7, 11) is 0. The predicted octanol–water partition coefficient (Wildman–Crippen LogP) is 3.48. The van der Waals surface area contributed by atoms with Gasteiger partial charge in [-0.2, -0.15) is 0 Å². The Morgan fingerprint density at radius 2 is 1.76 bits per heavy atom. The molecular formula is C20H25FN2O2. The fourth-order valence-corrected chi connectivity index (χ4v) is 2.49. The molecule has 0 fully saturated rings. The molecule has 0 aliphatic carbocycles. The largest absolute Gasteiger partial charge is 0.492 e. The van der Waals surface area contributed by atoms with E-state index in [2.05, 4.69) is 24.1 Å². The zero-order valence-corrected chi connectivity index (χ0v) is 14.8. The highest BCUT2D eigenvalue weighted by atomic mass is 19.1. The first kappa shape index (κ1) is 18.9. The highest BCUT2D eigenvalue weighted by molar-refractivity contribution is 5.94. The van der Waals surface area contributed by atoms with Crippen molar-refractivity contribution in [2.24, 2.45) is 0 Å². The minimum Gasteiger partial charge on any atom is -0.492 e. The summed E-state index contributed by atoms with van der Waals surface area (Å²) in [6, 6.07) is 13.2. The van der Waals surface area contributed by atoms with Gasteiger partial charge in [0.25, 0.3) is 5.91 Å². The zero-order chi connectivity index (χ0) is 18.1. The normalized spacial score (nSPS) is 10.7. The first-order valence-corrected chi connectivity index (χ1v) is 8.60. The lowest BCUT2D eigenvalue weighted by Gasteiger charge is -2.19. The van der Waals surface area contributed by atoms with Gasteiger partial charge in [-0.05, 0) is 43.4 Å². The molecule has 2 rings (SSSR count). The Morgan fingerprint density at radius 3 is 2.44 bits per heavy atom. The monoisotopic (exact) mass is 344 g/mol. The fourth-order valence-electron chi connectivity index (χ4n) is 2.49. The van der Waals surface area contributed by atoms with Crippen LogP contribution in [-0.2, 0) is 6.54 Å². The van der Waals surface area contributed by atoms with E-state index in [0.717, 1.165) is 30.9 Å². The Morgan fingerprint density at radius 1 is 1.08 bits per heavy atom. The Bertz CT molecular complexity index is 670. The van der Waals surface area contributed by atoms with Crippen molar-refractivity contribution in [3.8, 4) is 5.75 Å². The first-order valence-electron chi connectivity index (χ1n) is 8.60. The van der Waals surface area contributed by atoms with Crippen LogP contribution >= 0.6 is 0 Å². The molecule has 0 atom stereocenters. The molecule has 0 unspecified atom stereocenters. The van der Waals surface area contributed by atoms with Gasteiger partial charge in [-0.25, -0.2) is 4.39 Å². The Hall–Kier alpha value is -2.40. The molecule has 0 heterocycles. The SMILES string of the molecule is CCN(CC)CCOc1ccccc1CNC(=O)c1ccc(F)cc1. The Balaban J connectivity index is 1.91. The summed E-state index contributed by atoms with van der Waals surface area (Å²) in [6.07, 6.45) is 0. The van der Waals surface area contributed by atoms with Gasteiger partial charge in [-0.15, -0.1) is 0 Å². The zero-order valence-electron chi connectivity index (χ0n) is 14.8. The molecule has 2 aromatic rings. The molecule has 4 nitrogen and oxygen atoms in total. The van der Waals surface area contributed by atoms with Gasteiger partial charge in [0.05, 0.1) is 0 Å². The smallest absolute Gasteiger partial charge is 0.251 e. The molecule has 0 aromatic heterocycles. The van der Waals surface area contributed by atoms with Gasteiger partial charge in [0.15, 0.2) is 0 Å². The summed E-state index contributed by atoms with van der Waals surface area (Å²) in [6.45, 7) is 8.07. The standard InChI is InChI=1S/C20H25FN2O2/c1-3-23(4-2)13-14-25-19-8-6-5-7-17(19)15-22-20(24)16-9-11-18(21)12-10-16/h5-12H,3-4,13-15H2,1-2H3,(H,22,24). The number of halogens is 1. The third-order valence-corrected chi connectivity index (χ3v) is 4.08. The van der Waals surface area contributed by atoms with Crippen LogP contribution in [-0.4, -0.2) is 37.0 Å². The van der Waals surface area contributed by atoms with Crippen molar-refractivity contribution in [3.63, 3.8) is 0 Å². The van der Waals surface area contributed by atoms with E-state index in [1.54, 1.807) is 0 Å². The molecule has 0 spiro atoms.